The summed E-state index contributed by atoms with van der Waals surface area (Å²) in [5.41, 5.74) is 0.677. The summed E-state index contributed by atoms with van der Waals surface area (Å²) >= 11 is 0. The molecule has 0 saturated heterocycles. The Bertz CT molecular complexity index is 513. The summed E-state index contributed by atoms with van der Waals surface area (Å²) in [4.78, 5) is 24.1. The smallest absolute Gasteiger partial charge is 0.340 e. The first-order chi connectivity index (χ1) is 12.2. The van der Waals surface area contributed by atoms with Crippen LogP contribution < -0.4 is 0 Å². The largest absolute Gasteiger partial charge is 0.432 e. The topological polar surface area (TPSA) is 71.1 Å². The summed E-state index contributed by atoms with van der Waals surface area (Å²) in [7, 11) is 0. The molecular formula is C20H30O6. The molecule has 1 rings (SSSR count). The Morgan fingerprint density at radius 2 is 1.00 bits per heavy atom. The summed E-state index contributed by atoms with van der Waals surface area (Å²) in [6.45, 7) is 12.4. The lowest BCUT2D eigenvalue weighted by Gasteiger charge is -2.16. The average Bonchev–Trinajstić information content (AvgIpc) is 2.58. The summed E-state index contributed by atoms with van der Waals surface area (Å²) in [5, 5.41) is 0. The maximum Gasteiger partial charge on any atom is 0.340 e. The highest BCUT2D eigenvalue weighted by Gasteiger charge is 2.16. The van der Waals surface area contributed by atoms with E-state index in [4.69, 9.17) is 18.9 Å². The molecular weight excluding hydrogens is 336 g/mol. The van der Waals surface area contributed by atoms with E-state index < -0.39 is 24.5 Å². The summed E-state index contributed by atoms with van der Waals surface area (Å²) in [6.07, 6.45) is -1.26. The van der Waals surface area contributed by atoms with Crippen molar-refractivity contribution in [1.82, 2.24) is 0 Å². The SMILES string of the molecule is CC(C)COC(C)OC(=O)c1ccc(C(=O)OC(C)OCC(C)C)cc1. The van der Waals surface area contributed by atoms with E-state index in [0.717, 1.165) is 0 Å². The zero-order valence-corrected chi connectivity index (χ0v) is 16.5. The molecule has 6 nitrogen and oxygen atoms in total. The van der Waals surface area contributed by atoms with Gasteiger partial charge in [0.05, 0.1) is 24.3 Å². The molecule has 0 bridgehead atoms. The zero-order valence-electron chi connectivity index (χ0n) is 16.5. The van der Waals surface area contributed by atoms with Crippen molar-refractivity contribution in [3.63, 3.8) is 0 Å². The molecule has 0 saturated carbocycles. The number of esters is 2. The minimum absolute atomic E-state index is 0.339. The minimum atomic E-state index is -0.631. The molecule has 0 heterocycles. The Kier molecular flexibility index (Phi) is 9.30. The van der Waals surface area contributed by atoms with Gasteiger partial charge < -0.3 is 18.9 Å². The molecule has 2 unspecified atom stereocenters. The van der Waals surface area contributed by atoms with Crippen LogP contribution in [0, 0.1) is 11.8 Å². The predicted octanol–water partition coefficient (Wildman–Crippen LogP) is 4.04. The quantitative estimate of drug-likeness (QED) is 0.460. The second-order valence-electron chi connectivity index (χ2n) is 6.98. The Labute approximate surface area is 155 Å². The number of hydrogen-bond donors (Lipinski definition) is 0. The molecule has 0 aliphatic rings. The normalized spacial score (nSPS) is 13.5. The number of carbonyl (C=O) groups is 2. The fourth-order valence-electron chi connectivity index (χ4n) is 1.90. The zero-order chi connectivity index (χ0) is 19.7. The van der Waals surface area contributed by atoms with E-state index in [9.17, 15) is 9.59 Å². The van der Waals surface area contributed by atoms with Crippen LogP contribution in [0.25, 0.3) is 0 Å². The van der Waals surface area contributed by atoms with Crippen molar-refractivity contribution in [3.05, 3.63) is 35.4 Å². The Morgan fingerprint density at radius 3 is 1.27 bits per heavy atom. The molecule has 26 heavy (non-hydrogen) atoms. The van der Waals surface area contributed by atoms with Gasteiger partial charge >= 0.3 is 11.9 Å². The van der Waals surface area contributed by atoms with E-state index in [-0.39, 0.29) is 0 Å². The van der Waals surface area contributed by atoms with Crippen molar-refractivity contribution in [2.45, 2.75) is 54.1 Å². The van der Waals surface area contributed by atoms with Crippen LogP contribution in [0.5, 0.6) is 0 Å². The molecule has 1 aromatic rings. The van der Waals surface area contributed by atoms with Gasteiger partial charge in [-0.05, 0) is 49.9 Å². The lowest BCUT2D eigenvalue weighted by Crippen LogP contribution is -2.21. The molecule has 2 atom stereocenters. The Hall–Kier alpha value is -1.92. The number of rotatable bonds is 10. The molecule has 0 fully saturated rings. The monoisotopic (exact) mass is 366 g/mol. The third kappa shape index (κ3) is 8.45. The molecule has 0 spiro atoms. The second-order valence-corrected chi connectivity index (χ2v) is 6.98. The van der Waals surface area contributed by atoms with Crippen molar-refractivity contribution < 1.29 is 28.5 Å². The first-order valence-electron chi connectivity index (χ1n) is 8.94. The highest BCUT2D eigenvalue weighted by atomic mass is 16.7. The van der Waals surface area contributed by atoms with Gasteiger partial charge in [0.2, 0.25) is 0 Å². The van der Waals surface area contributed by atoms with E-state index >= 15 is 0 Å². The van der Waals surface area contributed by atoms with Crippen LogP contribution in [0.1, 0.15) is 62.3 Å². The van der Waals surface area contributed by atoms with Gasteiger partial charge in [-0.1, -0.05) is 27.7 Å². The maximum absolute atomic E-state index is 12.1. The second kappa shape index (κ2) is 10.9. The minimum Gasteiger partial charge on any atom is -0.432 e. The Balaban J connectivity index is 2.53. The van der Waals surface area contributed by atoms with Gasteiger partial charge in [-0.3, -0.25) is 0 Å². The van der Waals surface area contributed by atoms with E-state index in [1.54, 1.807) is 13.8 Å². The van der Waals surface area contributed by atoms with Crippen LogP contribution in [0.4, 0.5) is 0 Å². The average molecular weight is 366 g/mol. The third-order valence-electron chi connectivity index (χ3n) is 3.23. The molecule has 6 heteroatoms. The van der Waals surface area contributed by atoms with Gasteiger partial charge in [-0.2, -0.15) is 0 Å². The molecule has 0 aromatic heterocycles. The van der Waals surface area contributed by atoms with Crippen LogP contribution in [0.2, 0.25) is 0 Å². The molecule has 0 amide bonds. The van der Waals surface area contributed by atoms with Crippen molar-refractivity contribution in [2.24, 2.45) is 11.8 Å². The number of carbonyl (C=O) groups excluding carboxylic acids is 2. The van der Waals surface area contributed by atoms with Crippen LogP contribution >= 0.6 is 0 Å². The third-order valence-corrected chi connectivity index (χ3v) is 3.23. The van der Waals surface area contributed by atoms with Crippen LogP contribution in [0.3, 0.4) is 0 Å². The predicted molar refractivity (Wildman–Crippen MR) is 97.8 cm³/mol. The summed E-state index contributed by atoms with van der Waals surface area (Å²) in [6, 6.07) is 6.09. The van der Waals surface area contributed by atoms with Crippen LogP contribution in [-0.4, -0.2) is 37.7 Å². The standard InChI is InChI=1S/C20H30O6/c1-13(2)11-23-15(5)25-19(21)17-7-9-18(10-8-17)20(22)26-16(6)24-12-14(3)4/h7-10,13-16H,11-12H2,1-6H3. The van der Waals surface area contributed by atoms with E-state index in [0.29, 0.717) is 36.2 Å². The van der Waals surface area contributed by atoms with E-state index in [1.807, 2.05) is 27.7 Å². The first kappa shape index (κ1) is 22.1. The van der Waals surface area contributed by atoms with Crippen molar-refractivity contribution in [2.75, 3.05) is 13.2 Å². The fourth-order valence-corrected chi connectivity index (χ4v) is 1.90. The molecule has 0 aliphatic heterocycles. The van der Waals surface area contributed by atoms with Gasteiger partial charge in [-0.15, -0.1) is 0 Å². The van der Waals surface area contributed by atoms with E-state index in [1.165, 1.54) is 24.3 Å². The van der Waals surface area contributed by atoms with Crippen LogP contribution in [0.15, 0.2) is 24.3 Å². The maximum atomic E-state index is 12.1. The van der Waals surface area contributed by atoms with Gasteiger partial charge in [0.1, 0.15) is 0 Å². The van der Waals surface area contributed by atoms with E-state index in [2.05, 4.69) is 0 Å². The molecule has 1 aromatic carbocycles. The summed E-state index contributed by atoms with van der Waals surface area (Å²) in [5.74, 6) is -0.300. The van der Waals surface area contributed by atoms with Gasteiger partial charge in [-0.25, -0.2) is 9.59 Å². The molecule has 0 radical (unpaired) electrons. The summed E-state index contributed by atoms with van der Waals surface area (Å²) < 4.78 is 21.2. The lowest BCUT2D eigenvalue weighted by atomic mass is 10.1. The van der Waals surface area contributed by atoms with Gasteiger partial charge in [0, 0.05) is 0 Å². The fraction of sp³-hybridized carbons (Fsp3) is 0.600. The first-order valence-corrected chi connectivity index (χ1v) is 8.94. The number of benzene rings is 1. The highest BCUT2D eigenvalue weighted by molar-refractivity contribution is 5.93. The highest BCUT2D eigenvalue weighted by Crippen LogP contribution is 2.11. The van der Waals surface area contributed by atoms with Crippen molar-refractivity contribution >= 4 is 11.9 Å². The Morgan fingerprint density at radius 1 is 0.692 bits per heavy atom. The number of ether oxygens (including phenoxy) is 4. The molecule has 146 valence electrons. The molecule has 0 N–H and O–H groups in total. The van der Waals surface area contributed by atoms with Gasteiger partial charge in [0.25, 0.3) is 0 Å². The van der Waals surface area contributed by atoms with Crippen molar-refractivity contribution in [3.8, 4) is 0 Å². The van der Waals surface area contributed by atoms with Crippen molar-refractivity contribution in [1.29, 1.82) is 0 Å². The molecule has 0 aliphatic carbocycles. The lowest BCUT2D eigenvalue weighted by molar-refractivity contribution is -0.105. The van der Waals surface area contributed by atoms with Crippen LogP contribution in [-0.2, 0) is 18.9 Å². The van der Waals surface area contributed by atoms with Gasteiger partial charge in [0.15, 0.2) is 12.6 Å². The number of hydrogen-bond acceptors (Lipinski definition) is 6.